The van der Waals surface area contributed by atoms with Crippen molar-refractivity contribution in [1.29, 1.82) is 0 Å². The summed E-state index contributed by atoms with van der Waals surface area (Å²) >= 11 is 3.23. The van der Waals surface area contributed by atoms with Gasteiger partial charge in [-0.3, -0.25) is 9.20 Å². The highest BCUT2D eigenvalue weighted by Crippen LogP contribution is 2.16. The summed E-state index contributed by atoms with van der Waals surface area (Å²) in [5.41, 5.74) is 0.248. The number of hydrogen-bond donors (Lipinski definition) is 2. The monoisotopic (exact) mass is 228 g/mol. The summed E-state index contributed by atoms with van der Waals surface area (Å²) in [4.78, 5) is 13.4. The minimum atomic E-state index is -0.314. The Bertz CT molecular complexity index is 486. The van der Waals surface area contributed by atoms with Crippen molar-refractivity contribution in [3.8, 4) is 5.88 Å². The molecule has 0 bridgehead atoms. The van der Waals surface area contributed by atoms with E-state index in [0.29, 0.717) is 5.65 Å². The number of halogens is 1. The van der Waals surface area contributed by atoms with Gasteiger partial charge in [0, 0.05) is 10.7 Å². The maximum absolute atomic E-state index is 10.9. The van der Waals surface area contributed by atoms with Gasteiger partial charge in [0.05, 0.1) is 6.07 Å². The van der Waals surface area contributed by atoms with Crippen LogP contribution in [0.25, 0.3) is 5.65 Å². The second-order valence-electron chi connectivity index (χ2n) is 2.41. The largest absolute Gasteiger partial charge is 0.494 e. The first-order valence-corrected chi connectivity index (χ1v) is 4.06. The van der Waals surface area contributed by atoms with Crippen molar-refractivity contribution in [3.05, 3.63) is 33.2 Å². The molecule has 12 heavy (non-hydrogen) atoms. The van der Waals surface area contributed by atoms with Gasteiger partial charge < -0.3 is 10.1 Å². The Morgan fingerprint density at radius 3 is 3.00 bits per heavy atom. The smallest absolute Gasteiger partial charge is 0.254 e. The Labute approximate surface area is 75.6 Å². The topological polar surface area (TPSA) is 57.5 Å². The first-order valence-electron chi connectivity index (χ1n) is 3.27. The molecule has 2 rings (SSSR count). The molecular weight excluding hydrogens is 224 g/mol. The van der Waals surface area contributed by atoms with Crippen LogP contribution in [-0.2, 0) is 0 Å². The first kappa shape index (κ1) is 7.42. The van der Waals surface area contributed by atoms with E-state index >= 15 is 0 Å². The maximum Gasteiger partial charge on any atom is 0.254 e. The van der Waals surface area contributed by atoms with E-state index in [2.05, 4.69) is 20.9 Å². The summed E-state index contributed by atoms with van der Waals surface area (Å²) < 4.78 is 2.28. The van der Waals surface area contributed by atoms with Crippen LogP contribution in [-0.4, -0.2) is 14.5 Å². The summed E-state index contributed by atoms with van der Waals surface area (Å²) in [5.74, 6) is -0.0700. The van der Waals surface area contributed by atoms with Gasteiger partial charge >= 0.3 is 0 Å². The molecule has 2 N–H and O–H groups in total. The number of hydrogen-bond acceptors (Lipinski definition) is 2. The summed E-state index contributed by atoms with van der Waals surface area (Å²) in [6.45, 7) is 0. The van der Waals surface area contributed by atoms with Gasteiger partial charge in [-0.05, 0) is 22.0 Å². The molecular formula is C7H5BrN2O2. The van der Waals surface area contributed by atoms with Gasteiger partial charge in [0.15, 0.2) is 0 Å². The average Bonchev–Trinajstić information content (AvgIpc) is 2.29. The first-order chi connectivity index (χ1) is 5.66. The zero-order chi connectivity index (χ0) is 8.72. The molecule has 0 saturated carbocycles. The molecule has 0 amide bonds. The van der Waals surface area contributed by atoms with Crippen molar-refractivity contribution in [2.45, 2.75) is 0 Å². The summed E-state index contributed by atoms with van der Waals surface area (Å²) in [7, 11) is 0. The van der Waals surface area contributed by atoms with Crippen molar-refractivity contribution in [2.75, 3.05) is 0 Å². The molecule has 4 nitrogen and oxygen atoms in total. The third-order valence-corrected chi connectivity index (χ3v) is 1.98. The Hall–Kier alpha value is -1.23. The molecule has 2 aromatic rings. The molecule has 0 atom stereocenters. The van der Waals surface area contributed by atoms with Gasteiger partial charge in [-0.25, -0.2) is 0 Å². The van der Waals surface area contributed by atoms with Gasteiger partial charge in [-0.1, -0.05) is 0 Å². The molecule has 62 valence electrons. The second kappa shape index (κ2) is 2.38. The van der Waals surface area contributed by atoms with Crippen LogP contribution in [0, 0.1) is 0 Å². The van der Waals surface area contributed by atoms with Crippen molar-refractivity contribution in [2.24, 2.45) is 0 Å². The van der Waals surface area contributed by atoms with Gasteiger partial charge in [-0.15, -0.1) is 0 Å². The van der Waals surface area contributed by atoms with E-state index in [9.17, 15) is 9.90 Å². The number of rotatable bonds is 0. The highest BCUT2D eigenvalue weighted by atomic mass is 79.9. The van der Waals surface area contributed by atoms with Crippen LogP contribution in [0.1, 0.15) is 0 Å². The lowest BCUT2D eigenvalue weighted by molar-refractivity contribution is 0.444. The Balaban J connectivity index is 2.97. The maximum atomic E-state index is 10.9. The van der Waals surface area contributed by atoms with Crippen molar-refractivity contribution in [3.63, 3.8) is 0 Å². The molecule has 0 aliphatic rings. The van der Waals surface area contributed by atoms with Crippen LogP contribution in [0.15, 0.2) is 27.6 Å². The Kier molecular flexibility index (Phi) is 1.47. The van der Waals surface area contributed by atoms with Crippen LogP contribution in [0.4, 0.5) is 0 Å². The molecule has 0 spiro atoms. The fourth-order valence-electron chi connectivity index (χ4n) is 1.07. The van der Waals surface area contributed by atoms with E-state index in [-0.39, 0.29) is 11.4 Å². The third kappa shape index (κ3) is 1.02. The zero-order valence-electron chi connectivity index (χ0n) is 5.91. The fourth-order valence-corrected chi connectivity index (χ4v) is 1.49. The fraction of sp³-hybridized carbons (Fsp3) is 0. The van der Waals surface area contributed by atoms with Crippen molar-refractivity contribution >= 4 is 21.6 Å². The van der Waals surface area contributed by atoms with Crippen LogP contribution < -0.4 is 5.56 Å². The molecule has 2 heterocycles. The van der Waals surface area contributed by atoms with Crippen molar-refractivity contribution < 1.29 is 5.11 Å². The average molecular weight is 229 g/mol. The molecule has 0 fully saturated rings. The van der Waals surface area contributed by atoms with Crippen LogP contribution in [0.3, 0.4) is 0 Å². The van der Waals surface area contributed by atoms with E-state index in [1.807, 2.05) is 0 Å². The molecule has 0 aliphatic heterocycles. The lowest BCUT2D eigenvalue weighted by Gasteiger charge is -1.95. The molecule has 0 aliphatic carbocycles. The number of aromatic hydroxyl groups is 1. The summed E-state index contributed by atoms with van der Waals surface area (Å²) in [6, 6.07) is 2.83. The number of nitrogens with zero attached hydrogens (tertiary/aromatic N) is 1. The molecule has 0 unspecified atom stereocenters. The van der Waals surface area contributed by atoms with Gasteiger partial charge in [0.2, 0.25) is 5.88 Å². The van der Waals surface area contributed by atoms with Gasteiger partial charge in [0.1, 0.15) is 5.65 Å². The Morgan fingerprint density at radius 2 is 2.25 bits per heavy atom. The van der Waals surface area contributed by atoms with Gasteiger partial charge in [0.25, 0.3) is 5.56 Å². The predicted octanol–water partition coefficient (Wildman–Crippen LogP) is 1.10. The van der Waals surface area contributed by atoms with Crippen LogP contribution >= 0.6 is 15.9 Å². The van der Waals surface area contributed by atoms with Crippen LogP contribution in [0.5, 0.6) is 5.88 Å². The molecule has 0 saturated heterocycles. The standard InChI is InChI=1S/C7H5BrN2O2/c8-4-1-5-9-6(11)2-7(12)10(5)3-4/h1-3,12H,(H,9,11). The third-order valence-electron chi connectivity index (χ3n) is 1.54. The zero-order valence-corrected chi connectivity index (χ0v) is 7.50. The molecule has 5 heteroatoms. The molecule has 0 aromatic carbocycles. The van der Waals surface area contributed by atoms with E-state index in [1.165, 1.54) is 4.40 Å². The lowest BCUT2D eigenvalue weighted by atomic mass is 10.6. The van der Waals surface area contributed by atoms with E-state index in [0.717, 1.165) is 10.5 Å². The van der Waals surface area contributed by atoms with E-state index in [4.69, 9.17) is 0 Å². The van der Waals surface area contributed by atoms with Crippen LogP contribution in [0.2, 0.25) is 0 Å². The minimum Gasteiger partial charge on any atom is -0.494 e. The number of aromatic nitrogens is 2. The highest BCUT2D eigenvalue weighted by Gasteiger charge is 2.01. The normalized spacial score (nSPS) is 10.8. The van der Waals surface area contributed by atoms with Crippen molar-refractivity contribution in [1.82, 2.24) is 9.38 Å². The SMILES string of the molecule is O=c1cc(O)n2cc(Br)cc2[nH]1. The van der Waals surface area contributed by atoms with Gasteiger partial charge in [-0.2, -0.15) is 0 Å². The number of nitrogens with one attached hydrogen (secondary N) is 1. The number of H-pyrrole nitrogens is 1. The summed E-state index contributed by atoms with van der Waals surface area (Å²) in [6.07, 6.45) is 1.67. The predicted molar refractivity (Wildman–Crippen MR) is 47.4 cm³/mol. The number of aromatic amines is 1. The minimum absolute atomic E-state index is 0.0700. The molecule has 2 aromatic heterocycles. The highest BCUT2D eigenvalue weighted by molar-refractivity contribution is 9.10. The second-order valence-corrected chi connectivity index (χ2v) is 3.32. The summed E-state index contributed by atoms with van der Waals surface area (Å²) in [5, 5.41) is 9.29. The number of fused-ring (bicyclic) bond motifs is 1. The quantitative estimate of drug-likeness (QED) is 0.710. The van der Waals surface area contributed by atoms with E-state index < -0.39 is 0 Å². The lowest BCUT2D eigenvalue weighted by Crippen LogP contribution is -2.05. The van der Waals surface area contributed by atoms with E-state index in [1.54, 1.807) is 12.3 Å². The Morgan fingerprint density at radius 1 is 1.50 bits per heavy atom. The molecule has 0 radical (unpaired) electrons.